The van der Waals surface area contributed by atoms with Crippen molar-refractivity contribution in [2.75, 3.05) is 18.9 Å². The summed E-state index contributed by atoms with van der Waals surface area (Å²) in [5.41, 5.74) is 5.52. The predicted molar refractivity (Wildman–Crippen MR) is 59.9 cm³/mol. The Bertz CT molecular complexity index is 397. The lowest BCUT2D eigenvalue weighted by Gasteiger charge is -2.28. The van der Waals surface area contributed by atoms with Crippen molar-refractivity contribution < 1.29 is 9.47 Å². The largest absolute Gasteiger partial charge is 0.369 e. The molecule has 1 aromatic rings. The molecule has 1 heterocycles. The van der Waals surface area contributed by atoms with Gasteiger partial charge < -0.3 is 15.2 Å². The summed E-state index contributed by atoms with van der Waals surface area (Å²) in [5, 5.41) is 0. The van der Waals surface area contributed by atoms with Crippen molar-refractivity contribution in [3.8, 4) is 0 Å². The van der Waals surface area contributed by atoms with E-state index >= 15 is 0 Å². The Kier molecular flexibility index (Phi) is 4.03. The Morgan fingerprint density at radius 2 is 2.00 bits per heavy atom. The first-order valence-electron chi connectivity index (χ1n) is 5.17. The van der Waals surface area contributed by atoms with E-state index < -0.39 is 5.79 Å². The highest BCUT2D eigenvalue weighted by Gasteiger charge is 2.30. The number of ether oxygens (including phenoxy) is 2. The van der Waals surface area contributed by atoms with Gasteiger partial charge in [-0.1, -0.05) is 0 Å². The zero-order valence-electron chi connectivity index (χ0n) is 9.74. The van der Waals surface area contributed by atoms with Gasteiger partial charge in [0.25, 0.3) is 5.56 Å². The zero-order chi connectivity index (χ0) is 12.2. The average molecular weight is 227 g/mol. The molecule has 0 aliphatic rings. The van der Waals surface area contributed by atoms with E-state index in [9.17, 15) is 4.79 Å². The fourth-order valence-electron chi connectivity index (χ4n) is 1.45. The summed E-state index contributed by atoms with van der Waals surface area (Å²) in [6, 6.07) is 1.32. The summed E-state index contributed by atoms with van der Waals surface area (Å²) in [5.74, 6) is -0.987. The molecule has 0 aliphatic heterocycles. The molecule has 0 unspecified atom stereocenters. The molecule has 0 fully saturated rings. The summed E-state index contributed by atoms with van der Waals surface area (Å²) >= 11 is 0. The van der Waals surface area contributed by atoms with E-state index in [4.69, 9.17) is 15.2 Å². The number of nitrogen functional groups attached to an aromatic ring is 1. The molecule has 0 aliphatic carbocycles. The van der Waals surface area contributed by atoms with Crippen molar-refractivity contribution in [1.29, 1.82) is 0 Å². The molecule has 0 amide bonds. The van der Waals surface area contributed by atoms with E-state index in [0.29, 0.717) is 18.9 Å². The van der Waals surface area contributed by atoms with Crippen LogP contribution in [0.15, 0.2) is 10.9 Å². The van der Waals surface area contributed by atoms with Crippen LogP contribution in [-0.2, 0) is 15.3 Å². The molecule has 3 N–H and O–H groups in total. The summed E-state index contributed by atoms with van der Waals surface area (Å²) in [6.07, 6.45) is 0. The average Bonchev–Trinajstić information content (AvgIpc) is 2.16. The van der Waals surface area contributed by atoms with Crippen molar-refractivity contribution in [2.24, 2.45) is 0 Å². The van der Waals surface area contributed by atoms with Crippen LogP contribution in [0.3, 0.4) is 0 Å². The van der Waals surface area contributed by atoms with Crippen LogP contribution in [0.2, 0.25) is 0 Å². The third-order valence-corrected chi connectivity index (χ3v) is 2.06. The van der Waals surface area contributed by atoms with E-state index in [1.54, 1.807) is 6.92 Å². The number of aromatic nitrogens is 2. The molecule has 0 saturated heterocycles. The van der Waals surface area contributed by atoms with Crippen LogP contribution >= 0.6 is 0 Å². The fourth-order valence-corrected chi connectivity index (χ4v) is 1.45. The Morgan fingerprint density at radius 3 is 2.44 bits per heavy atom. The maximum Gasteiger partial charge on any atom is 0.252 e. The maximum absolute atomic E-state index is 11.3. The number of hydrogen-bond acceptors (Lipinski definition) is 5. The smallest absolute Gasteiger partial charge is 0.252 e. The second kappa shape index (κ2) is 5.09. The number of nitrogens with zero attached hydrogens (tertiary/aromatic N) is 1. The number of aromatic amines is 1. The Hall–Kier alpha value is -1.40. The van der Waals surface area contributed by atoms with Gasteiger partial charge in [-0.3, -0.25) is 9.78 Å². The number of nitrogens with one attached hydrogen (secondary N) is 1. The summed E-state index contributed by atoms with van der Waals surface area (Å²) in [6.45, 7) is 6.29. The lowest BCUT2D eigenvalue weighted by molar-refractivity contribution is -0.232. The zero-order valence-corrected chi connectivity index (χ0v) is 9.74. The highest BCUT2D eigenvalue weighted by atomic mass is 16.7. The van der Waals surface area contributed by atoms with Crippen molar-refractivity contribution in [3.63, 3.8) is 0 Å². The van der Waals surface area contributed by atoms with Gasteiger partial charge in [0.2, 0.25) is 11.7 Å². The van der Waals surface area contributed by atoms with Crippen LogP contribution < -0.4 is 11.3 Å². The second-order valence-corrected chi connectivity index (χ2v) is 3.33. The standard InChI is InChI=1S/C10H17N3O3/c1-4-15-10(3,16-5-2)7-6-8(14)13-9(11)12-7/h6H,4-5H2,1-3H3,(H3,11,12,13,14). The Morgan fingerprint density at radius 1 is 1.44 bits per heavy atom. The van der Waals surface area contributed by atoms with Crippen LogP contribution in [0.5, 0.6) is 0 Å². The minimum absolute atomic E-state index is 0.0492. The molecule has 0 radical (unpaired) electrons. The number of H-pyrrole nitrogens is 1. The first-order valence-corrected chi connectivity index (χ1v) is 5.17. The van der Waals surface area contributed by atoms with Crippen molar-refractivity contribution >= 4 is 5.95 Å². The SMILES string of the molecule is CCOC(C)(OCC)c1cc(=O)[nH]c(N)n1. The monoisotopic (exact) mass is 227 g/mol. The summed E-state index contributed by atoms with van der Waals surface area (Å²) in [4.78, 5) is 17.7. The number of hydrogen-bond donors (Lipinski definition) is 2. The van der Waals surface area contributed by atoms with Crippen molar-refractivity contribution in [1.82, 2.24) is 9.97 Å². The van der Waals surface area contributed by atoms with Gasteiger partial charge in [-0.25, -0.2) is 4.98 Å². The van der Waals surface area contributed by atoms with Crippen LogP contribution in [0.4, 0.5) is 5.95 Å². The molecular formula is C10H17N3O3. The molecule has 6 nitrogen and oxygen atoms in total. The van der Waals surface area contributed by atoms with Gasteiger partial charge in [0.1, 0.15) is 5.69 Å². The van der Waals surface area contributed by atoms with E-state index in [-0.39, 0.29) is 11.5 Å². The first kappa shape index (κ1) is 12.7. The van der Waals surface area contributed by atoms with Crippen LogP contribution in [-0.4, -0.2) is 23.2 Å². The van der Waals surface area contributed by atoms with Gasteiger partial charge in [-0.15, -0.1) is 0 Å². The van der Waals surface area contributed by atoms with Gasteiger partial charge in [-0.2, -0.15) is 0 Å². The minimum atomic E-state index is -1.04. The van der Waals surface area contributed by atoms with Gasteiger partial charge in [0, 0.05) is 19.3 Å². The van der Waals surface area contributed by atoms with E-state index in [1.807, 2.05) is 13.8 Å². The number of anilines is 1. The highest BCUT2D eigenvalue weighted by molar-refractivity contribution is 5.20. The Balaban J connectivity index is 3.14. The third kappa shape index (κ3) is 2.80. The molecule has 6 heteroatoms. The lowest BCUT2D eigenvalue weighted by atomic mass is 10.2. The Labute approximate surface area is 93.8 Å². The van der Waals surface area contributed by atoms with Crippen molar-refractivity contribution in [3.05, 3.63) is 22.1 Å². The maximum atomic E-state index is 11.3. The first-order chi connectivity index (χ1) is 7.51. The molecule has 16 heavy (non-hydrogen) atoms. The van der Waals surface area contributed by atoms with E-state index in [1.165, 1.54) is 6.07 Å². The van der Waals surface area contributed by atoms with Crippen LogP contribution in [0, 0.1) is 0 Å². The molecule has 0 spiro atoms. The minimum Gasteiger partial charge on any atom is -0.369 e. The van der Waals surface area contributed by atoms with E-state index in [0.717, 1.165) is 0 Å². The molecule has 0 saturated carbocycles. The van der Waals surface area contributed by atoms with Gasteiger partial charge in [-0.05, 0) is 20.8 Å². The summed E-state index contributed by atoms with van der Waals surface area (Å²) in [7, 11) is 0. The lowest BCUT2D eigenvalue weighted by Crippen LogP contribution is -2.33. The van der Waals surface area contributed by atoms with E-state index in [2.05, 4.69) is 9.97 Å². The third-order valence-electron chi connectivity index (χ3n) is 2.06. The molecule has 90 valence electrons. The van der Waals surface area contributed by atoms with Gasteiger partial charge in [0.05, 0.1) is 0 Å². The second-order valence-electron chi connectivity index (χ2n) is 3.33. The normalized spacial score (nSPS) is 11.7. The number of rotatable bonds is 5. The topological polar surface area (TPSA) is 90.2 Å². The fraction of sp³-hybridized carbons (Fsp3) is 0.600. The molecular weight excluding hydrogens is 210 g/mol. The quantitative estimate of drug-likeness (QED) is 0.719. The number of nitrogens with two attached hydrogens (primary N) is 1. The van der Waals surface area contributed by atoms with Gasteiger partial charge in [0.15, 0.2) is 0 Å². The van der Waals surface area contributed by atoms with Gasteiger partial charge >= 0.3 is 0 Å². The molecule has 0 atom stereocenters. The van der Waals surface area contributed by atoms with Crippen molar-refractivity contribution in [2.45, 2.75) is 26.6 Å². The van der Waals surface area contributed by atoms with Crippen LogP contribution in [0.25, 0.3) is 0 Å². The molecule has 1 rings (SSSR count). The highest BCUT2D eigenvalue weighted by Crippen LogP contribution is 2.24. The summed E-state index contributed by atoms with van der Waals surface area (Å²) < 4.78 is 10.9. The van der Waals surface area contributed by atoms with Crippen LogP contribution in [0.1, 0.15) is 26.5 Å². The predicted octanol–water partition coefficient (Wildman–Crippen LogP) is 0.598. The molecule has 0 bridgehead atoms. The molecule has 1 aromatic heterocycles. The molecule has 0 aromatic carbocycles.